The Morgan fingerprint density at radius 2 is 2.29 bits per heavy atom. The summed E-state index contributed by atoms with van der Waals surface area (Å²) in [5.41, 5.74) is 1.35. The number of benzene rings is 1. The van der Waals surface area contributed by atoms with Crippen LogP contribution in [0.15, 0.2) is 34.9 Å². The fourth-order valence-electron chi connectivity index (χ4n) is 2.90. The van der Waals surface area contributed by atoms with Gasteiger partial charge in [0.25, 0.3) is 5.91 Å². The molecule has 1 aliphatic rings. The van der Waals surface area contributed by atoms with Gasteiger partial charge in [-0.2, -0.15) is 0 Å². The minimum Gasteiger partial charge on any atom is -0.444 e. The first-order chi connectivity index (χ1) is 11.7. The Morgan fingerprint density at radius 3 is 3.04 bits per heavy atom. The van der Waals surface area contributed by atoms with Crippen LogP contribution in [0.3, 0.4) is 0 Å². The fraction of sp³-hybridized carbons (Fsp3) is 0.444. The first-order valence-corrected chi connectivity index (χ1v) is 8.41. The molecule has 6 heteroatoms. The van der Waals surface area contributed by atoms with Gasteiger partial charge in [0.15, 0.2) is 0 Å². The highest BCUT2D eigenvalue weighted by Crippen LogP contribution is 2.21. The van der Waals surface area contributed by atoms with E-state index in [9.17, 15) is 9.90 Å². The molecule has 128 valence electrons. The molecule has 6 nitrogen and oxygen atoms in total. The number of carbonyl (C=O) groups excluding carboxylic acids is 1. The largest absolute Gasteiger partial charge is 0.444 e. The summed E-state index contributed by atoms with van der Waals surface area (Å²) in [6.45, 7) is 3.52. The van der Waals surface area contributed by atoms with Crippen LogP contribution in [0.25, 0.3) is 0 Å². The first-order valence-electron chi connectivity index (χ1n) is 8.41. The molecule has 0 bridgehead atoms. The van der Waals surface area contributed by atoms with Crippen LogP contribution in [0.1, 0.15) is 41.8 Å². The molecule has 0 spiro atoms. The second-order valence-electron chi connectivity index (χ2n) is 6.02. The van der Waals surface area contributed by atoms with Gasteiger partial charge < -0.3 is 19.7 Å². The number of aromatic nitrogens is 1. The maximum absolute atomic E-state index is 12.8. The van der Waals surface area contributed by atoms with Crippen molar-refractivity contribution >= 4 is 11.6 Å². The number of β-amino-alcohol motifs (C(OH)–C–C–N with tert-alkyl or cyclic N) is 1. The average Bonchev–Trinajstić information content (AvgIpc) is 3.08. The summed E-state index contributed by atoms with van der Waals surface area (Å²) in [7, 11) is 0. The van der Waals surface area contributed by atoms with E-state index in [0.29, 0.717) is 31.1 Å². The third-order valence-electron chi connectivity index (χ3n) is 4.22. The van der Waals surface area contributed by atoms with E-state index < -0.39 is 6.10 Å². The standard InChI is InChI=1S/C18H23N3O3/c1-2-14-10-20-17(24-14)11-19-16-8-4-3-7-15(16)18(23)21-9-5-6-13(22)12-21/h3-4,7-8,10,13,19,22H,2,5-6,9,11-12H2,1H3/t13-/m0/s1. The Labute approximate surface area is 141 Å². The molecule has 2 heterocycles. The van der Waals surface area contributed by atoms with Crippen LogP contribution in [0.2, 0.25) is 0 Å². The molecular weight excluding hydrogens is 306 g/mol. The number of amides is 1. The average molecular weight is 329 g/mol. The van der Waals surface area contributed by atoms with Crippen molar-refractivity contribution in [2.45, 2.75) is 38.8 Å². The van der Waals surface area contributed by atoms with Gasteiger partial charge in [-0.05, 0) is 25.0 Å². The van der Waals surface area contributed by atoms with Crippen LogP contribution >= 0.6 is 0 Å². The molecule has 24 heavy (non-hydrogen) atoms. The Morgan fingerprint density at radius 1 is 1.46 bits per heavy atom. The smallest absolute Gasteiger partial charge is 0.256 e. The minimum atomic E-state index is -0.428. The lowest BCUT2D eigenvalue weighted by atomic mass is 10.1. The van der Waals surface area contributed by atoms with Crippen LogP contribution in [0.4, 0.5) is 5.69 Å². The summed E-state index contributed by atoms with van der Waals surface area (Å²) in [5, 5.41) is 13.0. The molecule has 1 saturated heterocycles. The van der Waals surface area contributed by atoms with E-state index in [2.05, 4.69) is 10.3 Å². The van der Waals surface area contributed by atoms with Gasteiger partial charge in [-0.1, -0.05) is 19.1 Å². The number of likely N-dealkylation sites (tertiary alicyclic amines) is 1. The number of nitrogens with one attached hydrogen (secondary N) is 1. The number of nitrogens with zero attached hydrogens (tertiary/aromatic N) is 2. The van der Waals surface area contributed by atoms with Gasteiger partial charge in [0.2, 0.25) is 5.89 Å². The molecule has 1 aromatic carbocycles. The second-order valence-corrected chi connectivity index (χ2v) is 6.02. The van der Waals surface area contributed by atoms with Crippen LogP contribution < -0.4 is 5.32 Å². The number of carbonyl (C=O) groups is 1. The zero-order chi connectivity index (χ0) is 16.9. The predicted octanol–water partition coefficient (Wildman–Crippen LogP) is 2.45. The Hall–Kier alpha value is -2.34. The van der Waals surface area contributed by atoms with E-state index in [1.165, 1.54) is 0 Å². The number of aliphatic hydroxyl groups excluding tert-OH is 1. The highest BCUT2D eigenvalue weighted by Gasteiger charge is 2.24. The van der Waals surface area contributed by atoms with Gasteiger partial charge in [0.1, 0.15) is 5.76 Å². The lowest BCUT2D eigenvalue weighted by Crippen LogP contribution is -2.42. The number of oxazole rings is 1. The van der Waals surface area contributed by atoms with E-state index in [4.69, 9.17) is 4.42 Å². The summed E-state index contributed by atoms with van der Waals surface area (Å²) >= 11 is 0. The molecule has 1 amide bonds. The second kappa shape index (κ2) is 7.49. The number of piperidine rings is 1. The molecule has 3 rings (SSSR count). The summed E-state index contributed by atoms with van der Waals surface area (Å²) in [5.74, 6) is 1.39. The van der Waals surface area contributed by atoms with Gasteiger partial charge in [-0.15, -0.1) is 0 Å². The van der Waals surface area contributed by atoms with Crippen LogP contribution in [-0.4, -0.2) is 40.1 Å². The maximum Gasteiger partial charge on any atom is 0.256 e. The summed E-state index contributed by atoms with van der Waals surface area (Å²) < 4.78 is 5.58. The third kappa shape index (κ3) is 3.76. The van der Waals surface area contributed by atoms with Crippen molar-refractivity contribution in [2.75, 3.05) is 18.4 Å². The highest BCUT2D eigenvalue weighted by atomic mass is 16.4. The molecule has 0 radical (unpaired) electrons. The zero-order valence-electron chi connectivity index (χ0n) is 13.9. The summed E-state index contributed by atoms with van der Waals surface area (Å²) in [4.78, 5) is 18.7. The van der Waals surface area contributed by atoms with Crippen molar-refractivity contribution in [3.05, 3.63) is 47.7 Å². The van der Waals surface area contributed by atoms with Gasteiger partial charge in [-0.3, -0.25) is 4.79 Å². The molecule has 1 aromatic heterocycles. The summed E-state index contributed by atoms with van der Waals surface area (Å²) in [6.07, 6.45) is 3.69. The van der Waals surface area contributed by atoms with Crippen molar-refractivity contribution in [1.82, 2.24) is 9.88 Å². The van der Waals surface area contributed by atoms with Gasteiger partial charge in [-0.25, -0.2) is 4.98 Å². The Kier molecular flexibility index (Phi) is 5.15. The van der Waals surface area contributed by atoms with E-state index in [-0.39, 0.29) is 5.91 Å². The SMILES string of the molecule is CCc1cnc(CNc2ccccc2C(=O)N2CCC[C@H](O)C2)o1. The van der Waals surface area contributed by atoms with Gasteiger partial charge >= 0.3 is 0 Å². The van der Waals surface area contributed by atoms with E-state index in [1.807, 2.05) is 25.1 Å². The van der Waals surface area contributed by atoms with Crippen molar-refractivity contribution < 1.29 is 14.3 Å². The number of rotatable bonds is 5. The molecule has 0 unspecified atom stereocenters. The van der Waals surface area contributed by atoms with E-state index in [1.54, 1.807) is 17.2 Å². The maximum atomic E-state index is 12.8. The van der Waals surface area contributed by atoms with Crippen molar-refractivity contribution in [2.24, 2.45) is 0 Å². The normalized spacial score (nSPS) is 17.8. The number of anilines is 1. The molecule has 1 atom stereocenters. The molecular formula is C18H23N3O3. The number of aliphatic hydroxyl groups is 1. The molecule has 1 fully saturated rings. The van der Waals surface area contributed by atoms with E-state index in [0.717, 1.165) is 30.7 Å². The number of aryl methyl sites for hydroxylation is 1. The molecule has 0 saturated carbocycles. The topological polar surface area (TPSA) is 78.6 Å². The first kappa shape index (κ1) is 16.5. The summed E-state index contributed by atoms with van der Waals surface area (Å²) in [6, 6.07) is 7.41. The molecule has 2 aromatic rings. The van der Waals surface area contributed by atoms with Gasteiger partial charge in [0.05, 0.1) is 24.4 Å². The van der Waals surface area contributed by atoms with Crippen molar-refractivity contribution in [3.63, 3.8) is 0 Å². The lowest BCUT2D eigenvalue weighted by molar-refractivity contribution is 0.0474. The lowest BCUT2D eigenvalue weighted by Gasteiger charge is -2.30. The van der Waals surface area contributed by atoms with Gasteiger partial charge in [0, 0.05) is 25.2 Å². The van der Waals surface area contributed by atoms with Crippen molar-refractivity contribution in [3.8, 4) is 0 Å². The van der Waals surface area contributed by atoms with Crippen LogP contribution in [-0.2, 0) is 13.0 Å². The van der Waals surface area contributed by atoms with Crippen LogP contribution in [0.5, 0.6) is 0 Å². The van der Waals surface area contributed by atoms with Crippen LogP contribution in [0, 0.1) is 0 Å². The quantitative estimate of drug-likeness (QED) is 0.881. The number of hydrogen-bond acceptors (Lipinski definition) is 5. The number of para-hydroxylation sites is 1. The molecule has 1 aliphatic heterocycles. The monoisotopic (exact) mass is 329 g/mol. The highest BCUT2D eigenvalue weighted by molar-refractivity contribution is 5.99. The Balaban J connectivity index is 1.71. The van der Waals surface area contributed by atoms with E-state index >= 15 is 0 Å². The fourth-order valence-corrected chi connectivity index (χ4v) is 2.90. The molecule has 0 aliphatic carbocycles. The number of hydrogen-bond donors (Lipinski definition) is 2. The minimum absolute atomic E-state index is 0.0569. The molecule has 2 N–H and O–H groups in total. The Bertz CT molecular complexity index is 698. The zero-order valence-corrected chi connectivity index (χ0v) is 13.9. The third-order valence-corrected chi connectivity index (χ3v) is 4.22. The van der Waals surface area contributed by atoms with Crippen molar-refractivity contribution in [1.29, 1.82) is 0 Å². The predicted molar refractivity (Wildman–Crippen MR) is 90.8 cm³/mol.